The Bertz CT molecular complexity index is 713. The van der Waals surface area contributed by atoms with E-state index in [-0.39, 0.29) is 36.2 Å². The summed E-state index contributed by atoms with van der Waals surface area (Å²) >= 11 is 0. The van der Waals surface area contributed by atoms with Crippen molar-refractivity contribution in [3.8, 4) is 11.5 Å². The Hall–Kier alpha value is -2.00. The lowest BCUT2D eigenvalue weighted by molar-refractivity contribution is 0.106. The van der Waals surface area contributed by atoms with E-state index in [0.29, 0.717) is 19.0 Å². The van der Waals surface area contributed by atoms with E-state index in [1.165, 1.54) is 0 Å². The average molecular weight is 499 g/mol. The van der Waals surface area contributed by atoms with Gasteiger partial charge in [-0.05, 0) is 24.6 Å². The summed E-state index contributed by atoms with van der Waals surface area (Å²) in [7, 11) is 5.08. The van der Waals surface area contributed by atoms with Crippen molar-refractivity contribution in [2.45, 2.75) is 19.1 Å². The van der Waals surface area contributed by atoms with Gasteiger partial charge in [0, 0.05) is 20.7 Å². The number of halogens is 1. The summed E-state index contributed by atoms with van der Waals surface area (Å²) in [5.74, 6) is 2.14. The topological polar surface area (TPSA) is 64.1 Å². The van der Waals surface area contributed by atoms with Crippen LogP contribution in [0.5, 0.6) is 11.5 Å². The number of benzene rings is 2. The van der Waals surface area contributed by atoms with Crippen LogP contribution in [0.3, 0.4) is 0 Å². The summed E-state index contributed by atoms with van der Waals surface area (Å²) in [4.78, 5) is 4.26. The second kappa shape index (κ2) is 13.2. The van der Waals surface area contributed by atoms with Crippen LogP contribution in [0.25, 0.3) is 0 Å². The number of aliphatic imine (C=N–C) groups is 1. The molecule has 0 spiro atoms. The summed E-state index contributed by atoms with van der Waals surface area (Å²) < 4.78 is 16.8. The van der Waals surface area contributed by atoms with E-state index >= 15 is 0 Å². The van der Waals surface area contributed by atoms with Crippen LogP contribution in [-0.2, 0) is 4.74 Å². The highest BCUT2D eigenvalue weighted by atomic mass is 127. The molecule has 0 aliphatic heterocycles. The summed E-state index contributed by atoms with van der Waals surface area (Å²) in [6, 6.07) is 17.7. The highest BCUT2D eigenvalue weighted by Crippen LogP contribution is 2.26. The maximum atomic E-state index is 5.95. The highest BCUT2D eigenvalue weighted by Gasteiger charge is 2.12. The molecule has 2 unspecified atom stereocenters. The van der Waals surface area contributed by atoms with Crippen molar-refractivity contribution in [1.82, 2.24) is 10.6 Å². The van der Waals surface area contributed by atoms with Crippen LogP contribution in [0, 0.1) is 0 Å². The molecule has 0 aromatic heterocycles. The van der Waals surface area contributed by atoms with Crippen molar-refractivity contribution in [2.75, 3.05) is 34.4 Å². The van der Waals surface area contributed by atoms with Crippen LogP contribution >= 0.6 is 24.0 Å². The van der Waals surface area contributed by atoms with Gasteiger partial charge in [-0.25, -0.2) is 0 Å². The van der Waals surface area contributed by atoms with Gasteiger partial charge in [-0.2, -0.15) is 0 Å². The van der Waals surface area contributed by atoms with E-state index in [2.05, 4.69) is 27.8 Å². The maximum Gasteiger partial charge on any atom is 0.191 e. The third-order valence-corrected chi connectivity index (χ3v) is 4.09. The molecule has 0 radical (unpaired) electrons. The number of methoxy groups -OCH3 is 2. The SMILES string of the molecule is CN=C(NCC(C)Oc1ccccc1OC)NCC(OC)c1ccccc1.I. The predicted octanol–water partition coefficient (Wildman–Crippen LogP) is 3.63. The molecule has 28 heavy (non-hydrogen) atoms. The molecular weight excluding hydrogens is 469 g/mol. The normalized spacial score (nSPS) is 13.1. The van der Waals surface area contributed by atoms with E-state index < -0.39 is 0 Å². The first kappa shape index (κ1) is 24.0. The third-order valence-electron chi connectivity index (χ3n) is 4.09. The first-order chi connectivity index (χ1) is 13.2. The number of rotatable bonds is 9. The van der Waals surface area contributed by atoms with Crippen molar-refractivity contribution >= 4 is 29.9 Å². The molecular formula is C21H30IN3O3. The van der Waals surface area contributed by atoms with Gasteiger partial charge in [-0.1, -0.05) is 42.5 Å². The molecule has 7 heteroatoms. The van der Waals surface area contributed by atoms with E-state index in [0.717, 1.165) is 17.1 Å². The van der Waals surface area contributed by atoms with Gasteiger partial charge < -0.3 is 24.8 Å². The minimum atomic E-state index is -0.0628. The van der Waals surface area contributed by atoms with Gasteiger partial charge in [0.2, 0.25) is 0 Å². The molecule has 2 atom stereocenters. The molecule has 0 bridgehead atoms. The number of hydrogen-bond acceptors (Lipinski definition) is 4. The van der Waals surface area contributed by atoms with Gasteiger partial charge in [0.15, 0.2) is 17.5 Å². The van der Waals surface area contributed by atoms with Gasteiger partial charge in [0.25, 0.3) is 0 Å². The fraction of sp³-hybridized carbons (Fsp3) is 0.381. The van der Waals surface area contributed by atoms with Crippen LogP contribution in [-0.4, -0.2) is 46.4 Å². The van der Waals surface area contributed by atoms with Crippen LogP contribution in [0.2, 0.25) is 0 Å². The van der Waals surface area contributed by atoms with E-state index in [4.69, 9.17) is 14.2 Å². The minimum absolute atomic E-state index is 0. The molecule has 0 saturated carbocycles. The highest BCUT2D eigenvalue weighted by molar-refractivity contribution is 14.0. The van der Waals surface area contributed by atoms with Crippen molar-refractivity contribution in [2.24, 2.45) is 4.99 Å². The van der Waals surface area contributed by atoms with Crippen molar-refractivity contribution in [3.63, 3.8) is 0 Å². The van der Waals surface area contributed by atoms with Gasteiger partial charge in [0.1, 0.15) is 6.10 Å². The van der Waals surface area contributed by atoms with Gasteiger partial charge >= 0.3 is 0 Å². The number of nitrogens with zero attached hydrogens (tertiary/aromatic N) is 1. The predicted molar refractivity (Wildman–Crippen MR) is 124 cm³/mol. The van der Waals surface area contributed by atoms with E-state index in [1.807, 2.05) is 49.4 Å². The largest absolute Gasteiger partial charge is 0.493 e. The second-order valence-electron chi connectivity index (χ2n) is 6.05. The molecule has 2 N–H and O–H groups in total. The average Bonchev–Trinajstić information content (AvgIpc) is 2.71. The monoisotopic (exact) mass is 499 g/mol. The number of ether oxygens (including phenoxy) is 3. The zero-order valence-corrected chi connectivity index (χ0v) is 19.2. The van der Waals surface area contributed by atoms with E-state index in [1.54, 1.807) is 21.3 Å². The van der Waals surface area contributed by atoms with Crippen LogP contribution in [0.1, 0.15) is 18.6 Å². The fourth-order valence-electron chi connectivity index (χ4n) is 2.63. The van der Waals surface area contributed by atoms with Crippen molar-refractivity contribution in [1.29, 1.82) is 0 Å². The van der Waals surface area contributed by atoms with Crippen LogP contribution < -0.4 is 20.1 Å². The Balaban J connectivity index is 0.00000392. The summed E-state index contributed by atoms with van der Waals surface area (Å²) in [5.41, 5.74) is 1.12. The minimum Gasteiger partial charge on any atom is -0.493 e. The molecule has 6 nitrogen and oxygen atoms in total. The van der Waals surface area contributed by atoms with Gasteiger partial charge in [0.05, 0.1) is 19.8 Å². The second-order valence-corrected chi connectivity index (χ2v) is 6.05. The number of para-hydroxylation sites is 2. The molecule has 2 aromatic rings. The van der Waals surface area contributed by atoms with Crippen molar-refractivity contribution < 1.29 is 14.2 Å². The first-order valence-corrected chi connectivity index (χ1v) is 8.99. The fourth-order valence-corrected chi connectivity index (χ4v) is 2.63. The summed E-state index contributed by atoms with van der Waals surface area (Å²) in [5, 5.41) is 6.57. The Labute approximate surface area is 184 Å². The molecule has 0 fully saturated rings. The molecule has 0 aliphatic rings. The smallest absolute Gasteiger partial charge is 0.191 e. The lowest BCUT2D eigenvalue weighted by Crippen LogP contribution is -2.43. The van der Waals surface area contributed by atoms with Gasteiger partial charge in [-0.3, -0.25) is 4.99 Å². The van der Waals surface area contributed by atoms with E-state index in [9.17, 15) is 0 Å². The Morgan fingerprint density at radius 2 is 1.54 bits per heavy atom. The Kier molecular flexibility index (Phi) is 11.4. The quantitative estimate of drug-likeness (QED) is 0.314. The first-order valence-electron chi connectivity index (χ1n) is 8.99. The zero-order chi connectivity index (χ0) is 19.5. The lowest BCUT2D eigenvalue weighted by Gasteiger charge is -2.21. The lowest BCUT2D eigenvalue weighted by atomic mass is 10.1. The number of guanidine groups is 1. The van der Waals surface area contributed by atoms with Crippen LogP contribution in [0.4, 0.5) is 0 Å². The molecule has 0 amide bonds. The molecule has 0 saturated heterocycles. The van der Waals surface area contributed by atoms with Crippen molar-refractivity contribution in [3.05, 3.63) is 60.2 Å². The molecule has 2 aromatic carbocycles. The van der Waals surface area contributed by atoms with Gasteiger partial charge in [-0.15, -0.1) is 24.0 Å². The number of hydrogen-bond donors (Lipinski definition) is 2. The molecule has 0 heterocycles. The standard InChI is InChI=1S/C21H29N3O3.HI/c1-16(27-19-13-9-8-12-18(19)25-3)14-23-21(22-2)24-15-20(26-4)17-10-6-5-7-11-17;/h5-13,16,20H,14-15H2,1-4H3,(H2,22,23,24);1H. The van der Waals surface area contributed by atoms with Crippen LogP contribution in [0.15, 0.2) is 59.6 Å². The molecule has 0 aliphatic carbocycles. The summed E-state index contributed by atoms with van der Waals surface area (Å²) in [6.45, 7) is 3.21. The maximum absolute atomic E-state index is 5.95. The number of nitrogens with one attached hydrogen (secondary N) is 2. The summed E-state index contributed by atoms with van der Waals surface area (Å²) in [6.07, 6.45) is -0.112. The zero-order valence-electron chi connectivity index (χ0n) is 16.8. The Morgan fingerprint density at radius 3 is 2.14 bits per heavy atom. The third kappa shape index (κ3) is 7.55. The molecule has 2 rings (SSSR count). The Morgan fingerprint density at radius 1 is 0.929 bits per heavy atom. The molecule has 154 valence electrons.